The second kappa shape index (κ2) is 7.00. The van der Waals surface area contributed by atoms with Gasteiger partial charge in [-0.3, -0.25) is 0 Å². The highest BCUT2D eigenvalue weighted by Crippen LogP contribution is 2.34. The van der Waals surface area contributed by atoms with Crippen molar-refractivity contribution in [3.63, 3.8) is 0 Å². The predicted octanol–water partition coefficient (Wildman–Crippen LogP) is 1.38. The first-order valence-electron chi connectivity index (χ1n) is 8.15. The average molecular weight is 392 g/mol. The number of anilines is 1. The fraction of sp³-hybridized carbons (Fsp3) is 0. The predicted molar refractivity (Wildman–Crippen MR) is 107 cm³/mol. The molecule has 0 atom stereocenters. The minimum Gasteiger partial charge on any atom is -0.476 e. The van der Waals surface area contributed by atoms with Crippen LogP contribution in [0.25, 0.3) is 32.6 Å². The Bertz CT molecular complexity index is 1200. The number of fused-ring (bicyclic) bond motifs is 1. The van der Waals surface area contributed by atoms with Crippen molar-refractivity contribution in [3.05, 3.63) is 53.7 Å². The standard InChI is InChI=1S/C18H13BN4O4S/c20-15-12-3-1-9(7-14(12)22-23-16(15)18(24)25)13-8-10(19(26)27)2-4-11(13)17-21-5-6-28-17/h1-8,26-27H,(H2,20,22)(H,24,25). The highest BCUT2D eigenvalue weighted by Gasteiger charge is 2.18. The Morgan fingerprint density at radius 2 is 1.89 bits per heavy atom. The van der Waals surface area contributed by atoms with Gasteiger partial charge in [0.2, 0.25) is 0 Å². The molecule has 2 aromatic heterocycles. The summed E-state index contributed by atoms with van der Waals surface area (Å²) in [6, 6.07) is 10.2. The normalized spacial score (nSPS) is 10.9. The molecule has 0 saturated heterocycles. The summed E-state index contributed by atoms with van der Waals surface area (Å²) in [4.78, 5) is 15.5. The summed E-state index contributed by atoms with van der Waals surface area (Å²) in [6.07, 6.45) is 1.69. The topological polar surface area (TPSA) is 142 Å². The minimum absolute atomic E-state index is 0.0451. The Kier molecular flexibility index (Phi) is 4.51. The third kappa shape index (κ3) is 3.09. The molecule has 0 aliphatic carbocycles. The summed E-state index contributed by atoms with van der Waals surface area (Å²) >= 11 is 1.46. The summed E-state index contributed by atoms with van der Waals surface area (Å²) in [6.45, 7) is 0. The summed E-state index contributed by atoms with van der Waals surface area (Å²) in [7, 11) is -1.61. The second-order valence-corrected chi connectivity index (χ2v) is 6.91. The Labute approximate surface area is 163 Å². The van der Waals surface area contributed by atoms with Gasteiger partial charge in [0.05, 0.1) is 11.2 Å². The van der Waals surface area contributed by atoms with E-state index in [-0.39, 0.29) is 11.4 Å². The summed E-state index contributed by atoms with van der Waals surface area (Å²) in [5.41, 5.74) is 8.72. The van der Waals surface area contributed by atoms with Gasteiger partial charge in [0.25, 0.3) is 0 Å². The van der Waals surface area contributed by atoms with E-state index in [9.17, 15) is 14.8 Å². The largest absolute Gasteiger partial charge is 0.488 e. The zero-order chi connectivity index (χ0) is 19.8. The number of aromatic nitrogens is 3. The number of rotatable bonds is 4. The number of aromatic carboxylic acids is 1. The van der Waals surface area contributed by atoms with Crippen LogP contribution in [-0.2, 0) is 0 Å². The Morgan fingerprint density at radius 3 is 2.57 bits per heavy atom. The molecule has 138 valence electrons. The Hall–Kier alpha value is -3.34. The van der Waals surface area contributed by atoms with Crippen molar-refractivity contribution in [2.45, 2.75) is 0 Å². The maximum atomic E-state index is 11.2. The number of hydrogen-bond donors (Lipinski definition) is 4. The van der Waals surface area contributed by atoms with Gasteiger partial charge in [0, 0.05) is 22.5 Å². The molecule has 0 aliphatic rings. The zero-order valence-corrected chi connectivity index (χ0v) is 15.1. The van der Waals surface area contributed by atoms with Crippen molar-refractivity contribution in [2.24, 2.45) is 0 Å². The van der Waals surface area contributed by atoms with Gasteiger partial charge in [-0.1, -0.05) is 24.3 Å². The third-order valence-corrected chi connectivity index (χ3v) is 5.13. The molecule has 0 unspecified atom stereocenters. The van der Waals surface area contributed by atoms with Crippen LogP contribution in [0, 0.1) is 0 Å². The molecule has 4 rings (SSSR count). The monoisotopic (exact) mass is 392 g/mol. The van der Waals surface area contributed by atoms with Crippen LogP contribution in [0.4, 0.5) is 5.69 Å². The van der Waals surface area contributed by atoms with E-state index in [1.807, 2.05) is 5.38 Å². The molecule has 2 aromatic carbocycles. The van der Waals surface area contributed by atoms with E-state index in [1.54, 1.807) is 42.6 Å². The molecule has 0 fully saturated rings. The number of nitrogen functional groups attached to an aromatic ring is 1. The van der Waals surface area contributed by atoms with Crippen molar-refractivity contribution in [1.29, 1.82) is 0 Å². The lowest BCUT2D eigenvalue weighted by Gasteiger charge is -2.12. The smallest absolute Gasteiger partial charge is 0.476 e. The highest BCUT2D eigenvalue weighted by atomic mass is 32.1. The molecule has 0 aliphatic heterocycles. The fourth-order valence-electron chi connectivity index (χ4n) is 2.96. The molecule has 4 aromatic rings. The van der Waals surface area contributed by atoms with Crippen LogP contribution < -0.4 is 11.2 Å². The molecule has 10 heteroatoms. The molecule has 0 radical (unpaired) electrons. The van der Waals surface area contributed by atoms with Crippen molar-refractivity contribution in [2.75, 3.05) is 5.73 Å². The van der Waals surface area contributed by atoms with Crippen LogP contribution in [-0.4, -0.2) is 43.4 Å². The van der Waals surface area contributed by atoms with Crippen molar-refractivity contribution >= 4 is 46.5 Å². The minimum atomic E-state index is -1.61. The highest BCUT2D eigenvalue weighted by molar-refractivity contribution is 7.13. The Morgan fingerprint density at radius 1 is 1.07 bits per heavy atom. The number of nitrogens with zero attached hydrogens (tertiary/aromatic N) is 3. The molecule has 2 heterocycles. The molecule has 0 bridgehead atoms. The van der Waals surface area contributed by atoms with Gasteiger partial charge in [-0.25, -0.2) is 9.78 Å². The van der Waals surface area contributed by atoms with Gasteiger partial charge in [-0.05, 0) is 28.7 Å². The first kappa shape index (κ1) is 18.0. The zero-order valence-electron chi connectivity index (χ0n) is 14.3. The first-order valence-corrected chi connectivity index (χ1v) is 9.03. The van der Waals surface area contributed by atoms with E-state index < -0.39 is 13.1 Å². The van der Waals surface area contributed by atoms with Gasteiger partial charge in [-0.15, -0.1) is 21.5 Å². The van der Waals surface area contributed by atoms with Gasteiger partial charge >= 0.3 is 13.1 Å². The van der Waals surface area contributed by atoms with E-state index >= 15 is 0 Å². The molecule has 8 nitrogen and oxygen atoms in total. The van der Waals surface area contributed by atoms with Crippen LogP contribution in [0.3, 0.4) is 0 Å². The molecule has 28 heavy (non-hydrogen) atoms. The second-order valence-electron chi connectivity index (χ2n) is 6.02. The summed E-state index contributed by atoms with van der Waals surface area (Å²) in [5, 5.41) is 39.0. The molecule has 0 amide bonds. The van der Waals surface area contributed by atoms with Crippen LogP contribution in [0.15, 0.2) is 48.0 Å². The van der Waals surface area contributed by atoms with Gasteiger partial charge in [0.1, 0.15) is 5.01 Å². The maximum Gasteiger partial charge on any atom is 0.488 e. The van der Waals surface area contributed by atoms with Gasteiger partial charge in [0.15, 0.2) is 5.69 Å². The lowest BCUT2D eigenvalue weighted by Crippen LogP contribution is -2.29. The van der Waals surface area contributed by atoms with Crippen molar-refractivity contribution < 1.29 is 19.9 Å². The van der Waals surface area contributed by atoms with Gasteiger partial charge < -0.3 is 20.9 Å². The van der Waals surface area contributed by atoms with Crippen LogP contribution in [0.2, 0.25) is 0 Å². The van der Waals surface area contributed by atoms with Crippen molar-refractivity contribution in [1.82, 2.24) is 15.2 Å². The number of nitrogens with two attached hydrogens (primary N) is 1. The number of thiazole rings is 1. The van der Waals surface area contributed by atoms with E-state index in [1.165, 1.54) is 11.3 Å². The van der Waals surface area contributed by atoms with E-state index in [0.29, 0.717) is 16.4 Å². The molecule has 5 N–H and O–H groups in total. The van der Waals surface area contributed by atoms with Crippen LogP contribution in [0.5, 0.6) is 0 Å². The molecule has 0 saturated carbocycles. The van der Waals surface area contributed by atoms with E-state index in [0.717, 1.165) is 21.7 Å². The first-order chi connectivity index (χ1) is 13.5. The molecular weight excluding hydrogens is 379 g/mol. The average Bonchev–Trinajstić information content (AvgIpc) is 3.21. The van der Waals surface area contributed by atoms with Gasteiger partial charge in [-0.2, -0.15) is 0 Å². The third-order valence-electron chi connectivity index (χ3n) is 4.32. The fourth-order valence-corrected chi connectivity index (χ4v) is 3.63. The SMILES string of the molecule is Nc1c(C(=O)O)nnc2cc(-c3cc(B(O)O)ccc3-c3nccs3)ccc12. The van der Waals surface area contributed by atoms with Crippen LogP contribution in [0.1, 0.15) is 10.5 Å². The van der Waals surface area contributed by atoms with E-state index in [4.69, 9.17) is 10.8 Å². The number of carboxylic acid groups (broad SMARTS) is 1. The number of carboxylic acids is 1. The van der Waals surface area contributed by atoms with E-state index in [2.05, 4.69) is 15.2 Å². The van der Waals surface area contributed by atoms with Crippen molar-refractivity contribution in [3.8, 4) is 21.7 Å². The quantitative estimate of drug-likeness (QED) is 0.382. The number of hydrogen-bond acceptors (Lipinski definition) is 8. The number of carbonyl (C=O) groups is 1. The molecular formula is C18H13BN4O4S. The number of benzene rings is 2. The summed E-state index contributed by atoms with van der Waals surface area (Å²) < 4.78 is 0. The Balaban J connectivity index is 1.93. The lowest BCUT2D eigenvalue weighted by atomic mass is 9.78. The molecule has 0 spiro atoms. The maximum absolute atomic E-state index is 11.2. The lowest BCUT2D eigenvalue weighted by molar-refractivity contribution is 0.0690. The summed E-state index contributed by atoms with van der Waals surface area (Å²) in [5.74, 6) is -1.24. The van der Waals surface area contributed by atoms with Crippen LogP contribution >= 0.6 is 11.3 Å².